The molecule has 1 aliphatic rings. The van der Waals surface area contributed by atoms with E-state index in [0.717, 1.165) is 5.56 Å². The lowest BCUT2D eigenvalue weighted by Gasteiger charge is -2.00. The summed E-state index contributed by atoms with van der Waals surface area (Å²) in [6.45, 7) is 0. The number of carbonyl (C=O) groups excluding carboxylic acids is 2. The summed E-state index contributed by atoms with van der Waals surface area (Å²) < 4.78 is 14.3. The fourth-order valence-corrected chi connectivity index (χ4v) is 1.59. The first-order valence-corrected chi connectivity index (χ1v) is 5.09. The van der Waals surface area contributed by atoms with E-state index in [-0.39, 0.29) is 12.1 Å². The van der Waals surface area contributed by atoms with Crippen LogP contribution in [-0.4, -0.2) is 32.3 Å². The number of carbonyl (C=O) groups is 2. The third-order valence-corrected chi connectivity index (χ3v) is 2.59. The number of esters is 2. The number of methoxy groups -OCH3 is 2. The summed E-state index contributed by atoms with van der Waals surface area (Å²) in [7, 11) is 2.65. The van der Waals surface area contributed by atoms with E-state index in [2.05, 4.69) is 9.47 Å². The standard InChI is InChI=1S/C12H12O5/c1-15-11(13)8-5-3-7(4-6-8)9-10(17-9)12(14)16-2/h3-6,9-10H,1-2H3/t9-,10+/m0/s1. The topological polar surface area (TPSA) is 65.1 Å². The molecule has 0 amide bonds. The zero-order chi connectivity index (χ0) is 12.4. The van der Waals surface area contributed by atoms with Gasteiger partial charge in [0.15, 0.2) is 6.10 Å². The van der Waals surface area contributed by atoms with Crippen LogP contribution in [0.15, 0.2) is 24.3 Å². The van der Waals surface area contributed by atoms with E-state index >= 15 is 0 Å². The monoisotopic (exact) mass is 236 g/mol. The van der Waals surface area contributed by atoms with E-state index < -0.39 is 12.1 Å². The lowest BCUT2D eigenvalue weighted by atomic mass is 10.1. The van der Waals surface area contributed by atoms with Crippen LogP contribution in [0.1, 0.15) is 22.0 Å². The summed E-state index contributed by atoms with van der Waals surface area (Å²) in [5, 5.41) is 0. The summed E-state index contributed by atoms with van der Waals surface area (Å²) >= 11 is 0. The Bertz CT molecular complexity index is 437. The summed E-state index contributed by atoms with van der Waals surface area (Å²) in [6, 6.07) is 6.74. The molecule has 1 aromatic carbocycles. The molecule has 2 atom stereocenters. The molecule has 17 heavy (non-hydrogen) atoms. The molecule has 0 N–H and O–H groups in total. The van der Waals surface area contributed by atoms with Gasteiger partial charge >= 0.3 is 11.9 Å². The molecule has 5 heteroatoms. The highest BCUT2D eigenvalue weighted by molar-refractivity contribution is 5.89. The minimum atomic E-state index is -0.524. The molecule has 2 rings (SSSR count). The smallest absolute Gasteiger partial charge is 0.338 e. The van der Waals surface area contributed by atoms with Crippen molar-refractivity contribution >= 4 is 11.9 Å². The average molecular weight is 236 g/mol. The molecule has 0 bridgehead atoms. The van der Waals surface area contributed by atoms with Gasteiger partial charge in [-0.2, -0.15) is 0 Å². The van der Waals surface area contributed by atoms with Gasteiger partial charge in [-0.05, 0) is 17.7 Å². The molecule has 1 heterocycles. The van der Waals surface area contributed by atoms with E-state index in [1.807, 2.05) is 0 Å². The SMILES string of the molecule is COC(=O)c1ccc([C@@H]2O[C@H]2C(=O)OC)cc1. The maximum absolute atomic E-state index is 11.2. The van der Waals surface area contributed by atoms with Gasteiger partial charge in [-0.3, -0.25) is 0 Å². The summed E-state index contributed by atoms with van der Waals surface area (Å²) in [4.78, 5) is 22.4. The highest BCUT2D eigenvalue weighted by Gasteiger charge is 2.47. The van der Waals surface area contributed by atoms with E-state index in [1.54, 1.807) is 24.3 Å². The van der Waals surface area contributed by atoms with Crippen molar-refractivity contribution in [3.8, 4) is 0 Å². The predicted molar refractivity (Wildman–Crippen MR) is 57.4 cm³/mol. The van der Waals surface area contributed by atoms with Crippen molar-refractivity contribution in [3.63, 3.8) is 0 Å². The molecule has 1 aliphatic heterocycles. The second kappa shape index (κ2) is 4.55. The van der Waals surface area contributed by atoms with Crippen LogP contribution in [-0.2, 0) is 19.0 Å². The molecule has 0 unspecified atom stereocenters. The number of hydrogen-bond acceptors (Lipinski definition) is 5. The van der Waals surface area contributed by atoms with Gasteiger partial charge in [0.05, 0.1) is 19.8 Å². The van der Waals surface area contributed by atoms with E-state index in [4.69, 9.17) is 4.74 Å². The zero-order valence-electron chi connectivity index (χ0n) is 9.51. The van der Waals surface area contributed by atoms with Crippen LogP contribution < -0.4 is 0 Å². The second-order valence-corrected chi connectivity index (χ2v) is 3.61. The molecule has 1 aromatic rings. The average Bonchev–Trinajstić information content (AvgIpc) is 3.17. The van der Waals surface area contributed by atoms with Crippen LogP contribution in [0.2, 0.25) is 0 Å². The second-order valence-electron chi connectivity index (χ2n) is 3.61. The minimum absolute atomic E-state index is 0.269. The van der Waals surface area contributed by atoms with Gasteiger partial charge in [-0.25, -0.2) is 9.59 Å². The molecular weight excluding hydrogens is 224 g/mol. The maximum Gasteiger partial charge on any atom is 0.338 e. The summed E-state index contributed by atoms with van der Waals surface area (Å²) in [5.74, 6) is -0.773. The van der Waals surface area contributed by atoms with Crippen molar-refractivity contribution in [2.75, 3.05) is 14.2 Å². The molecule has 0 radical (unpaired) electrons. The lowest BCUT2D eigenvalue weighted by molar-refractivity contribution is -0.142. The first-order valence-electron chi connectivity index (χ1n) is 5.09. The fourth-order valence-electron chi connectivity index (χ4n) is 1.59. The zero-order valence-corrected chi connectivity index (χ0v) is 9.51. The number of ether oxygens (including phenoxy) is 3. The Balaban J connectivity index is 2.05. The van der Waals surface area contributed by atoms with Crippen molar-refractivity contribution in [1.29, 1.82) is 0 Å². The molecule has 0 saturated carbocycles. The lowest BCUT2D eigenvalue weighted by Crippen LogP contribution is -2.09. The van der Waals surface area contributed by atoms with Gasteiger partial charge in [-0.15, -0.1) is 0 Å². The third-order valence-electron chi connectivity index (χ3n) is 2.59. The molecule has 1 saturated heterocycles. The third kappa shape index (κ3) is 2.29. The molecular formula is C12H12O5. The van der Waals surface area contributed by atoms with Gasteiger partial charge in [0, 0.05) is 0 Å². The minimum Gasteiger partial charge on any atom is -0.467 e. The Kier molecular flexibility index (Phi) is 3.10. The van der Waals surface area contributed by atoms with E-state index in [9.17, 15) is 9.59 Å². The van der Waals surface area contributed by atoms with Gasteiger partial charge in [0.2, 0.25) is 0 Å². The molecule has 1 fully saturated rings. The normalized spacial score (nSPS) is 21.8. The quantitative estimate of drug-likeness (QED) is 0.580. The Labute approximate surface area is 98.3 Å². The van der Waals surface area contributed by atoms with Crippen LogP contribution in [0.4, 0.5) is 0 Å². The van der Waals surface area contributed by atoms with Crippen molar-refractivity contribution in [2.24, 2.45) is 0 Å². The van der Waals surface area contributed by atoms with Crippen molar-refractivity contribution < 1.29 is 23.8 Å². The Hall–Kier alpha value is -1.88. The first-order chi connectivity index (χ1) is 8.17. The predicted octanol–water partition coefficient (Wildman–Crippen LogP) is 1.09. The molecule has 90 valence electrons. The summed E-state index contributed by atoms with van der Waals surface area (Å²) in [6.07, 6.45) is -0.793. The number of rotatable bonds is 3. The first kappa shape index (κ1) is 11.6. The largest absolute Gasteiger partial charge is 0.467 e. The Morgan fingerprint density at radius 3 is 2.29 bits per heavy atom. The molecule has 0 spiro atoms. The van der Waals surface area contributed by atoms with Gasteiger partial charge in [-0.1, -0.05) is 12.1 Å². The van der Waals surface area contributed by atoms with Crippen LogP contribution in [0.5, 0.6) is 0 Å². The van der Waals surface area contributed by atoms with Gasteiger partial charge < -0.3 is 14.2 Å². The van der Waals surface area contributed by atoms with Crippen LogP contribution in [0, 0.1) is 0 Å². The number of hydrogen-bond donors (Lipinski definition) is 0. The van der Waals surface area contributed by atoms with E-state index in [1.165, 1.54) is 14.2 Å². The van der Waals surface area contributed by atoms with Crippen molar-refractivity contribution in [3.05, 3.63) is 35.4 Å². The highest BCUT2D eigenvalue weighted by Crippen LogP contribution is 2.39. The highest BCUT2D eigenvalue weighted by atomic mass is 16.6. The number of benzene rings is 1. The molecule has 0 aromatic heterocycles. The van der Waals surface area contributed by atoms with Crippen LogP contribution >= 0.6 is 0 Å². The number of epoxide rings is 1. The van der Waals surface area contributed by atoms with Gasteiger partial charge in [0.25, 0.3) is 0 Å². The Morgan fingerprint density at radius 1 is 1.12 bits per heavy atom. The maximum atomic E-state index is 11.2. The van der Waals surface area contributed by atoms with Crippen molar-refractivity contribution in [2.45, 2.75) is 12.2 Å². The summed E-state index contributed by atoms with van der Waals surface area (Å²) in [5.41, 5.74) is 1.31. The van der Waals surface area contributed by atoms with Gasteiger partial charge in [0.1, 0.15) is 6.10 Å². The van der Waals surface area contributed by atoms with E-state index in [0.29, 0.717) is 5.56 Å². The van der Waals surface area contributed by atoms with Crippen molar-refractivity contribution in [1.82, 2.24) is 0 Å². The Morgan fingerprint density at radius 2 is 1.76 bits per heavy atom. The molecule has 0 aliphatic carbocycles. The molecule has 5 nitrogen and oxygen atoms in total. The fraction of sp³-hybridized carbons (Fsp3) is 0.333. The van der Waals surface area contributed by atoms with Crippen LogP contribution in [0.3, 0.4) is 0 Å². The van der Waals surface area contributed by atoms with Crippen LogP contribution in [0.25, 0.3) is 0 Å².